The largest absolute Gasteiger partial charge is 0.495 e. The zero-order valence-electron chi connectivity index (χ0n) is 82.9. The van der Waals surface area contributed by atoms with Gasteiger partial charge in [-0.2, -0.15) is 0 Å². The highest BCUT2D eigenvalue weighted by atomic mass is 35.5. The minimum absolute atomic E-state index is 0.171. The van der Waals surface area contributed by atoms with Gasteiger partial charge in [-0.25, -0.2) is 59.8 Å². The number of nitrogen functional groups attached to an aromatic ring is 1. The fourth-order valence-electron chi connectivity index (χ4n) is 14.7. The number of benzene rings is 6. The number of hydrogen-bond acceptors (Lipinski definition) is 42. The number of primary amides is 4. The van der Waals surface area contributed by atoms with Crippen LogP contribution in [0.4, 0.5) is 75.2 Å². The lowest BCUT2D eigenvalue weighted by Gasteiger charge is -2.14. The first-order valence-corrected chi connectivity index (χ1v) is 55.8. The molecule has 149 heavy (non-hydrogen) atoms. The molecule has 6 aromatic carbocycles. The van der Waals surface area contributed by atoms with Crippen molar-refractivity contribution < 1.29 is 52.1 Å². The van der Waals surface area contributed by atoms with Gasteiger partial charge in [-0.15, -0.1) is 113 Å². The predicted molar refractivity (Wildman–Crippen MR) is 610 cm³/mol. The Labute approximate surface area is 908 Å². The number of ether oxygens (including phenoxy) is 4. The number of thiazole rings is 12. The number of fused-ring (bicyclic) bond motifs is 2. The Balaban J connectivity index is 0.000000134. The van der Waals surface area contributed by atoms with Crippen LogP contribution >= 0.6 is 148 Å². The Morgan fingerprint density at radius 3 is 1.24 bits per heavy atom. The Kier molecular flexibility index (Phi) is 35.8. The van der Waals surface area contributed by atoms with E-state index in [-0.39, 0.29) is 24.0 Å². The van der Waals surface area contributed by atoms with Gasteiger partial charge in [-0.1, -0.05) is 66.3 Å². The van der Waals surface area contributed by atoms with E-state index in [9.17, 15) is 28.8 Å². The van der Waals surface area contributed by atoms with Gasteiger partial charge in [-0.05, 0) is 184 Å². The maximum absolute atomic E-state index is 12.0. The maximum Gasteiger partial charge on any atom is 0.248 e. The zero-order valence-corrected chi connectivity index (χ0v) is 93.4. The molecule has 0 atom stereocenters. The number of furan rings is 1. The molecule has 1 aliphatic carbocycles. The number of para-hydroxylation sites is 1. The smallest absolute Gasteiger partial charge is 0.248 e. The summed E-state index contributed by atoms with van der Waals surface area (Å²) >= 11 is 24.4. The minimum Gasteiger partial charge on any atom is -0.495 e. The van der Waals surface area contributed by atoms with E-state index in [4.69, 9.17) is 68.6 Å². The quantitative estimate of drug-likeness (QED) is 0.0199. The van der Waals surface area contributed by atoms with Crippen LogP contribution in [-0.2, 0) is 22.4 Å². The average molecular weight is 2250 g/mol. The number of nitrogens with one attached hydrogen (secondary N) is 7. The van der Waals surface area contributed by atoms with E-state index in [0.29, 0.717) is 101 Å². The second kappa shape index (κ2) is 49.1. The van der Waals surface area contributed by atoms with Crippen molar-refractivity contribution in [1.29, 1.82) is 0 Å². The highest BCUT2D eigenvalue weighted by Gasteiger charge is 2.26. The summed E-state index contributed by atoms with van der Waals surface area (Å²) in [7, 11) is 4.79. The summed E-state index contributed by atoms with van der Waals surface area (Å²) in [6, 6.07) is 32.2. The molecule has 1 aliphatic rings. The van der Waals surface area contributed by atoms with Crippen molar-refractivity contribution in [3.05, 3.63) is 240 Å². The maximum atomic E-state index is 12.0. The fourth-order valence-corrected chi connectivity index (χ4v) is 24.8. The SMILES string of the molecule is CC(=O)Nc1nc(C)c(-c2csc(Nc3cc(C(N)=O)ccc3Cl)n2)s1.COc1cc2c(cc1Nc1nc(-c3sc(C)nc3C)cs1)C(=O)CC2.COc1ccc(C(N)=O)cc1Nc1nc(-c2cnc(N)s2)cs1.COc1ccc(CC(N)=O)cc1Nc1nc(-c2sc(C)nc2C)cs1.Cc1cc2cccc(Nc3nc(-c4sc(C)nc4C)cs3)c2o1.Cc1nc(C)c(-c2csc(Nc3cc(C(N)=O)ccc3OCC(C)C)n2)s1. The zero-order chi connectivity index (χ0) is 106. The van der Waals surface area contributed by atoms with Crippen LogP contribution in [0.5, 0.6) is 23.0 Å². The second-order valence-electron chi connectivity index (χ2n) is 33.3. The lowest BCUT2D eigenvalue weighted by atomic mass is 10.1. The Bertz CT molecular complexity index is 8110. The van der Waals surface area contributed by atoms with Crippen LogP contribution in [-0.4, -0.2) is 123 Å². The third-order valence-electron chi connectivity index (χ3n) is 21.3. The number of nitrogens with zero attached hydrogens (tertiary/aromatic N) is 12. The number of aryl methyl sites for hydroxylation is 11. The van der Waals surface area contributed by atoms with Crippen LogP contribution in [0.3, 0.4) is 0 Å². The van der Waals surface area contributed by atoms with E-state index in [1.54, 1.807) is 139 Å². The molecule has 0 saturated carbocycles. The van der Waals surface area contributed by atoms with Gasteiger partial charge < -0.3 is 89.3 Å². The Morgan fingerprint density at radius 2 is 0.819 bits per heavy atom. The molecule has 5 amide bonds. The summed E-state index contributed by atoms with van der Waals surface area (Å²) in [6.07, 6.45) is 3.23. The third-order valence-corrected chi connectivity index (χ3v) is 32.5. The number of carbonyl (C=O) groups excluding carboxylic acids is 6. The van der Waals surface area contributed by atoms with Gasteiger partial charge in [0, 0.05) is 79.5 Å². The van der Waals surface area contributed by atoms with E-state index in [0.717, 1.165) is 190 Å². The highest BCUT2D eigenvalue weighted by Crippen LogP contribution is 2.45. The monoisotopic (exact) mass is 2240 g/mol. The number of nitrogens with two attached hydrogens (primary N) is 5. The second-order valence-corrected chi connectivity index (χ2v) is 45.7. The lowest BCUT2D eigenvalue weighted by Crippen LogP contribution is -2.13. The predicted octanol–water partition coefficient (Wildman–Crippen LogP) is 25.6. The molecule has 0 unspecified atom stereocenters. The molecule has 0 radical (unpaired) electrons. The molecule has 0 fully saturated rings. The van der Waals surface area contributed by atoms with Crippen molar-refractivity contribution >= 4 is 269 Å². The van der Waals surface area contributed by atoms with Gasteiger partial charge in [0.15, 0.2) is 52.4 Å². The molecule has 17 N–H and O–H groups in total. The van der Waals surface area contributed by atoms with Crippen molar-refractivity contribution in [1.82, 2.24) is 59.8 Å². The summed E-state index contributed by atoms with van der Waals surface area (Å²) in [5, 5.41) is 45.1. The molecule has 35 nitrogen and oxygen atoms in total. The Morgan fingerprint density at radius 1 is 0.423 bits per heavy atom. The molecule has 0 aliphatic heterocycles. The topological polar surface area (TPSA) is 521 Å². The minimum atomic E-state index is -0.532. The third kappa shape index (κ3) is 28.1. The molecule has 0 bridgehead atoms. The number of carbonyl (C=O) groups is 6. The summed E-state index contributed by atoms with van der Waals surface area (Å²) in [4.78, 5) is 129. The van der Waals surface area contributed by atoms with Crippen LogP contribution in [0.2, 0.25) is 5.02 Å². The molecule has 20 rings (SSSR count). The first-order valence-electron chi connectivity index (χ1n) is 45.3. The van der Waals surface area contributed by atoms with Gasteiger partial charge in [0.1, 0.15) is 28.8 Å². The molecule has 13 aromatic heterocycles. The van der Waals surface area contributed by atoms with E-state index >= 15 is 0 Å². The van der Waals surface area contributed by atoms with E-state index in [1.807, 2.05) is 151 Å². The number of halogens is 1. The Hall–Kier alpha value is -14.5. The van der Waals surface area contributed by atoms with Gasteiger partial charge >= 0.3 is 0 Å². The summed E-state index contributed by atoms with van der Waals surface area (Å²) in [5.74, 6) is 2.08. The number of rotatable bonds is 30. The van der Waals surface area contributed by atoms with Crippen LogP contribution in [0.1, 0.15) is 134 Å². The van der Waals surface area contributed by atoms with Gasteiger partial charge in [0.25, 0.3) is 0 Å². The summed E-state index contributed by atoms with van der Waals surface area (Å²) in [5.41, 5.74) is 45.9. The number of hydrogen-bond donors (Lipinski definition) is 12. The molecule has 0 spiro atoms. The first kappa shape index (κ1) is 109. The van der Waals surface area contributed by atoms with Crippen molar-refractivity contribution in [2.75, 3.05) is 70.9 Å². The van der Waals surface area contributed by atoms with Gasteiger partial charge in [0.05, 0.1) is 185 Å². The van der Waals surface area contributed by atoms with Crippen LogP contribution in [0.15, 0.2) is 152 Å². The summed E-state index contributed by atoms with van der Waals surface area (Å²) in [6.45, 7) is 26.0. The van der Waals surface area contributed by atoms with Crippen LogP contribution in [0.25, 0.3) is 74.4 Å². The normalized spacial score (nSPS) is 11.2. The lowest BCUT2D eigenvalue weighted by molar-refractivity contribution is -0.117. The van der Waals surface area contributed by atoms with E-state index < -0.39 is 17.7 Å². The molecule has 48 heteroatoms. The number of amides is 5. The summed E-state index contributed by atoms with van der Waals surface area (Å²) < 4.78 is 27.8. The number of ketones is 1. The molecular formula is C101H99ClN24O11S12. The van der Waals surface area contributed by atoms with E-state index in [2.05, 4.69) is 111 Å². The molecule has 13 heterocycles. The number of anilines is 14. The standard InChI is InChI=1S/C19H22N4O2S2.C18H17N3O2S2.C17H18N4O2S2.C17H15N3OS2.C16H14ClN5O2S2.C14H13N5O2S2/c1-10(2)8-25-16-6-5-13(18(20)24)7-14(16)22-19-23-15(9-26-19)17-11(3)21-12(4)27-17;1-9-17(25-10(2)19-9)14-8-24-18(21-14)20-13-7-12-11(4-5-15(12)22)6-16(13)23-3;1-9-16(25-10(2)19-9)13-8-24-17(21-13)20-12-6-11(7-15(18)22)4-5-14(12)23-3;1-9-7-12-5-4-6-13(15(12)21-9)19-17-20-14(8-22-17)16-10(2)18-11(3)23-16;1-7-13(26-16(19-7)20-8(2)23)12-6-25-15(22-12)21-11-5-9(14(18)24)3-4-10(11)17;1-21-10-3-2-7(12(15)20)4-8(10)18-14-19-9(6-22-14)11-5-17-13(16)23-11/h5-7,9-10H,8H2,1-4H3,(H2,20,24)(H,22,23);6-8H,4-5H2,1-3H3,(H,20,21);4-6,8H,7H2,1-3H3,(H2,18,22)(H,20,21);4-8H,1-3H3,(H,19,20);3-6H,1-2H3,(H2,18,24)(H,21,22)(H,19,20,23);2-6H,1H3,(H2,15,20)(H2,16,17)(H,18,19). The van der Waals surface area contributed by atoms with Crippen molar-refractivity contribution in [3.8, 4) is 86.4 Å². The molecular weight excluding hydrogens is 2150 g/mol. The van der Waals surface area contributed by atoms with Gasteiger partial charge in [0.2, 0.25) is 29.5 Å². The average Bonchev–Trinajstić information content (AvgIpc) is 1.71. The first-order chi connectivity index (χ1) is 71.3. The van der Waals surface area contributed by atoms with Crippen molar-refractivity contribution in [2.45, 2.75) is 109 Å². The number of aromatic nitrogens is 12. The van der Waals surface area contributed by atoms with Crippen LogP contribution in [0, 0.1) is 75.2 Å². The van der Waals surface area contributed by atoms with Crippen molar-refractivity contribution in [2.24, 2.45) is 28.9 Å². The van der Waals surface area contributed by atoms with Crippen molar-refractivity contribution in [3.63, 3.8) is 0 Å². The van der Waals surface area contributed by atoms with Crippen LogP contribution < -0.4 is 84.8 Å². The highest BCUT2D eigenvalue weighted by molar-refractivity contribution is 7.21. The molecule has 768 valence electrons. The molecule has 0 saturated heterocycles. The molecule has 19 aromatic rings. The van der Waals surface area contributed by atoms with Gasteiger partial charge in [-0.3, -0.25) is 28.8 Å². The fraction of sp³-hybridized carbons (Fsp3) is 0.208. The number of methoxy groups -OCH3 is 3. The number of Topliss-reactive ketones (excluding diaryl/α,β-unsaturated/α-hetero) is 1. The van der Waals surface area contributed by atoms with E-state index in [1.165, 1.54) is 86.3 Å².